The number of carbonyl (C=O) groups is 2. The van der Waals surface area contributed by atoms with Crippen molar-refractivity contribution in [3.8, 4) is 0 Å². The average molecular weight is 229 g/mol. The van der Waals surface area contributed by atoms with Gasteiger partial charge < -0.3 is 10.1 Å². The Hall–Kier alpha value is -1.06. The molecule has 0 saturated carbocycles. The summed E-state index contributed by atoms with van der Waals surface area (Å²) >= 11 is 0. The van der Waals surface area contributed by atoms with Gasteiger partial charge in [0.05, 0.1) is 6.10 Å². The minimum absolute atomic E-state index is 0.0969. The normalized spacial score (nSPS) is 14.3. The molecule has 0 aliphatic rings. The zero-order chi connectivity index (χ0) is 12.6. The van der Waals surface area contributed by atoms with E-state index in [0.717, 1.165) is 12.8 Å². The van der Waals surface area contributed by atoms with Gasteiger partial charge in [-0.2, -0.15) is 0 Å². The zero-order valence-electron chi connectivity index (χ0n) is 10.7. The molecular formula is C12H23NO3. The first-order valence-electron chi connectivity index (χ1n) is 5.91. The Morgan fingerprint density at radius 3 is 2.44 bits per heavy atom. The minimum atomic E-state index is -0.503. The Labute approximate surface area is 97.7 Å². The third-order valence-corrected chi connectivity index (χ3v) is 2.25. The number of esters is 1. The van der Waals surface area contributed by atoms with E-state index in [1.54, 1.807) is 0 Å². The van der Waals surface area contributed by atoms with Gasteiger partial charge >= 0.3 is 5.97 Å². The van der Waals surface area contributed by atoms with Crippen molar-refractivity contribution in [2.45, 2.75) is 59.1 Å². The number of hydrogen-bond donors (Lipinski definition) is 1. The monoisotopic (exact) mass is 229 g/mol. The number of carbonyl (C=O) groups excluding carboxylic acids is 2. The first-order valence-corrected chi connectivity index (χ1v) is 5.91. The van der Waals surface area contributed by atoms with Gasteiger partial charge in [0.15, 0.2) is 0 Å². The maximum absolute atomic E-state index is 11.7. The summed E-state index contributed by atoms with van der Waals surface area (Å²) in [5.41, 5.74) is 0. The van der Waals surface area contributed by atoms with E-state index in [1.807, 2.05) is 13.8 Å². The predicted molar refractivity (Wildman–Crippen MR) is 62.9 cm³/mol. The molecule has 0 aromatic carbocycles. The molecule has 1 N–H and O–H groups in total. The third kappa shape index (κ3) is 6.43. The molecule has 16 heavy (non-hydrogen) atoms. The quantitative estimate of drug-likeness (QED) is 0.510. The van der Waals surface area contributed by atoms with Gasteiger partial charge in [0.2, 0.25) is 6.41 Å². The van der Waals surface area contributed by atoms with Crippen LogP contribution in [-0.2, 0) is 14.3 Å². The lowest BCUT2D eigenvalue weighted by atomic mass is 10.1. The summed E-state index contributed by atoms with van der Waals surface area (Å²) in [5, 5.41) is 2.49. The molecule has 0 heterocycles. The second kappa shape index (κ2) is 8.13. The molecule has 0 aromatic heterocycles. The molecule has 1 amide bonds. The highest BCUT2D eigenvalue weighted by Gasteiger charge is 2.20. The lowest BCUT2D eigenvalue weighted by molar-refractivity contribution is -0.152. The summed E-state index contributed by atoms with van der Waals surface area (Å²) < 4.78 is 5.27. The van der Waals surface area contributed by atoms with Gasteiger partial charge in [-0.15, -0.1) is 0 Å². The highest BCUT2D eigenvalue weighted by atomic mass is 16.5. The summed E-state index contributed by atoms with van der Waals surface area (Å²) in [6.07, 6.45) is 2.74. The summed E-state index contributed by atoms with van der Waals surface area (Å²) in [4.78, 5) is 22.0. The summed E-state index contributed by atoms with van der Waals surface area (Å²) in [7, 11) is 0. The third-order valence-electron chi connectivity index (χ3n) is 2.25. The van der Waals surface area contributed by atoms with E-state index in [2.05, 4.69) is 19.2 Å². The van der Waals surface area contributed by atoms with Gasteiger partial charge in [-0.05, 0) is 25.7 Å². The highest BCUT2D eigenvalue weighted by Crippen LogP contribution is 2.09. The number of amides is 1. The first-order chi connectivity index (χ1) is 7.51. The van der Waals surface area contributed by atoms with Crippen molar-refractivity contribution in [3.05, 3.63) is 0 Å². The fraction of sp³-hybridized carbons (Fsp3) is 0.833. The molecule has 0 bridgehead atoms. The highest BCUT2D eigenvalue weighted by molar-refractivity contribution is 5.78. The molecule has 0 fully saturated rings. The van der Waals surface area contributed by atoms with Crippen molar-refractivity contribution in [1.82, 2.24) is 5.32 Å². The number of nitrogens with one attached hydrogen (secondary N) is 1. The Balaban J connectivity index is 4.12. The topological polar surface area (TPSA) is 55.4 Å². The first kappa shape index (κ1) is 14.9. The Kier molecular flexibility index (Phi) is 7.60. The maximum Gasteiger partial charge on any atom is 0.328 e. The minimum Gasteiger partial charge on any atom is -0.461 e. The van der Waals surface area contributed by atoms with Crippen LogP contribution in [0.1, 0.15) is 47.0 Å². The van der Waals surface area contributed by atoms with Crippen LogP contribution >= 0.6 is 0 Å². The fourth-order valence-corrected chi connectivity index (χ4v) is 1.63. The maximum atomic E-state index is 11.7. The van der Waals surface area contributed by atoms with Crippen molar-refractivity contribution < 1.29 is 14.3 Å². The molecule has 4 nitrogen and oxygen atoms in total. The largest absolute Gasteiger partial charge is 0.461 e. The Bertz CT molecular complexity index is 216. The summed E-state index contributed by atoms with van der Waals surface area (Å²) in [6.45, 7) is 8.00. The van der Waals surface area contributed by atoms with Crippen LogP contribution in [0.15, 0.2) is 0 Å². The van der Waals surface area contributed by atoms with Crippen molar-refractivity contribution in [1.29, 1.82) is 0 Å². The molecule has 0 rings (SSSR count). The number of rotatable bonds is 8. The van der Waals surface area contributed by atoms with Crippen LogP contribution < -0.4 is 5.32 Å². The van der Waals surface area contributed by atoms with Crippen LogP contribution in [0.25, 0.3) is 0 Å². The van der Waals surface area contributed by atoms with Crippen molar-refractivity contribution in [2.24, 2.45) is 5.92 Å². The fourth-order valence-electron chi connectivity index (χ4n) is 1.63. The molecule has 0 saturated heterocycles. The second-order valence-electron chi connectivity index (χ2n) is 4.50. The predicted octanol–water partition coefficient (Wildman–Crippen LogP) is 1.88. The van der Waals surface area contributed by atoms with E-state index < -0.39 is 6.04 Å². The Morgan fingerprint density at radius 2 is 2.00 bits per heavy atom. The molecule has 0 spiro atoms. The van der Waals surface area contributed by atoms with E-state index >= 15 is 0 Å². The van der Waals surface area contributed by atoms with Gasteiger partial charge in [-0.25, -0.2) is 4.79 Å². The van der Waals surface area contributed by atoms with Gasteiger partial charge in [0.25, 0.3) is 0 Å². The average Bonchev–Trinajstić information content (AvgIpc) is 2.15. The number of hydrogen-bond acceptors (Lipinski definition) is 3. The van der Waals surface area contributed by atoms with Crippen molar-refractivity contribution >= 4 is 12.4 Å². The number of ether oxygens (including phenoxy) is 1. The molecule has 0 aliphatic carbocycles. The molecule has 4 heteroatoms. The van der Waals surface area contributed by atoms with Crippen LogP contribution in [0, 0.1) is 5.92 Å². The van der Waals surface area contributed by atoms with E-state index in [9.17, 15) is 9.59 Å². The van der Waals surface area contributed by atoms with E-state index in [1.165, 1.54) is 0 Å². The molecule has 2 atom stereocenters. The van der Waals surface area contributed by atoms with Crippen molar-refractivity contribution in [2.75, 3.05) is 0 Å². The van der Waals surface area contributed by atoms with Crippen LogP contribution in [0.2, 0.25) is 0 Å². The molecule has 0 radical (unpaired) electrons. The zero-order valence-corrected chi connectivity index (χ0v) is 10.7. The molecule has 0 aromatic rings. The van der Waals surface area contributed by atoms with Crippen molar-refractivity contribution in [3.63, 3.8) is 0 Å². The van der Waals surface area contributed by atoms with Gasteiger partial charge in [-0.1, -0.05) is 27.2 Å². The van der Waals surface area contributed by atoms with Gasteiger partial charge in [-0.3, -0.25) is 4.79 Å². The summed E-state index contributed by atoms with van der Waals surface area (Å²) in [6, 6.07) is -0.503. The molecule has 0 aliphatic heterocycles. The van der Waals surface area contributed by atoms with Crippen LogP contribution in [0.4, 0.5) is 0 Å². The van der Waals surface area contributed by atoms with Gasteiger partial charge in [0, 0.05) is 0 Å². The van der Waals surface area contributed by atoms with Gasteiger partial charge in [0.1, 0.15) is 6.04 Å². The standard InChI is InChI=1S/C12H23NO3/c1-5-6-11(13-8-14)12(15)16-10(4)7-9(2)3/h8-11H,5-7H2,1-4H3,(H,13,14)/t10?,11-/m0/s1. The molecular weight excluding hydrogens is 206 g/mol. The van der Waals surface area contributed by atoms with Crippen LogP contribution in [0.3, 0.4) is 0 Å². The van der Waals surface area contributed by atoms with Crippen LogP contribution in [-0.4, -0.2) is 24.5 Å². The smallest absolute Gasteiger partial charge is 0.328 e. The van der Waals surface area contributed by atoms with E-state index in [0.29, 0.717) is 18.7 Å². The van der Waals surface area contributed by atoms with E-state index in [-0.39, 0.29) is 12.1 Å². The molecule has 1 unspecified atom stereocenters. The summed E-state index contributed by atoms with van der Waals surface area (Å²) in [5.74, 6) is 0.161. The lowest BCUT2D eigenvalue weighted by Gasteiger charge is -2.19. The second-order valence-corrected chi connectivity index (χ2v) is 4.50. The van der Waals surface area contributed by atoms with E-state index in [4.69, 9.17) is 4.74 Å². The lowest BCUT2D eigenvalue weighted by Crippen LogP contribution is -2.38. The van der Waals surface area contributed by atoms with Crippen LogP contribution in [0.5, 0.6) is 0 Å². The molecule has 94 valence electrons. The Morgan fingerprint density at radius 1 is 1.38 bits per heavy atom. The SMILES string of the molecule is CCC[C@H](NC=O)C(=O)OC(C)CC(C)C.